The molecule has 0 saturated carbocycles. The van der Waals surface area contributed by atoms with Gasteiger partial charge >= 0.3 is 6.36 Å². The van der Waals surface area contributed by atoms with E-state index < -0.39 is 24.3 Å². The van der Waals surface area contributed by atoms with Crippen LogP contribution in [-0.2, 0) is 0 Å². The molecule has 0 aromatic heterocycles. The molecule has 0 unspecified atom stereocenters. The highest BCUT2D eigenvalue weighted by atomic mass is 19.4. The van der Waals surface area contributed by atoms with Crippen molar-refractivity contribution in [1.82, 2.24) is 0 Å². The Balaban J connectivity index is 2.99. The number of methoxy groups -OCH3 is 1. The molecule has 1 rings (SSSR count). The molecule has 0 aliphatic carbocycles. The molecular formula is C14H20F3NO3. The lowest BCUT2D eigenvalue weighted by molar-refractivity contribution is -0.274. The van der Waals surface area contributed by atoms with Gasteiger partial charge in [0.25, 0.3) is 0 Å². The maximum atomic E-state index is 12.2. The molecule has 21 heavy (non-hydrogen) atoms. The van der Waals surface area contributed by atoms with Gasteiger partial charge in [0.2, 0.25) is 0 Å². The van der Waals surface area contributed by atoms with E-state index in [1.807, 2.05) is 6.92 Å². The number of halogens is 3. The maximum Gasteiger partial charge on any atom is 0.573 e. The Morgan fingerprint density at radius 3 is 2.52 bits per heavy atom. The molecule has 0 spiro atoms. The number of hydrogen-bond donors (Lipinski definition) is 2. The normalized spacial score (nSPS) is 14.6. The molecule has 0 aliphatic rings. The van der Waals surface area contributed by atoms with Crippen LogP contribution in [-0.4, -0.2) is 24.7 Å². The van der Waals surface area contributed by atoms with Crippen molar-refractivity contribution in [1.29, 1.82) is 0 Å². The minimum absolute atomic E-state index is 0.280. The van der Waals surface area contributed by atoms with Crippen molar-refractivity contribution in [2.75, 3.05) is 7.11 Å². The van der Waals surface area contributed by atoms with E-state index in [1.54, 1.807) is 0 Å². The summed E-state index contributed by atoms with van der Waals surface area (Å²) in [6, 6.07) is 2.78. The molecule has 0 radical (unpaired) electrons. The van der Waals surface area contributed by atoms with E-state index in [1.165, 1.54) is 13.2 Å². The van der Waals surface area contributed by atoms with Crippen LogP contribution in [0.2, 0.25) is 0 Å². The average molecular weight is 307 g/mol. The summed E-state index contributed by atoms with van der Waals surface area (Å²) in [5.74, 6) is -0.0796. The number of ether oxygens (including phenoxy) is 2. The molecule has 0 fully saturated rings. The molecule has 7 heteroatoms. The van der Waals surface area contributed by atoms with Crippen molar-refractivity contribution in [3.8, 4) is 11.5 Å². The first-order valence-corrected chi connectivity index (χ1v) is 6.65. The monoisotopic (exact) mass is 307 g/mol. The van der Waals surface area contributed by atoms with Gasteiger partial charge in [0.1, 0.15) is 11.5 Å². The third-order valence-corrected chi connectivity index (χ3v) is 3.06. The minimum atomic E-state index is -4.78. The molecule has 1 aromatic rings. The first-order valence-electron chi connectivity index (χ1n) is 6.65. The van der Waals surface area contributed by atoms with Gasteiger partial charge in [-0.25, -0.2) is 0 Å². The smallest absolute Gasteiger partial charge is 0.496 e. The van der Waals surface area contributed by atoms with Crippen molar-refractivity contribution in [2.24, 2.45) is 5.73 Å². The number of hydrogen-bond acceptors (Lipinski definition) is 4. The van der Waals surface area contributed by atoms with Gasteiger partial charge in [-0.3, -0.25) is 0 Å². The van der Waals surface area contributed by atoms with Crippen molar-refractivity contribution in [3.63, 3.8) is 0 Å². The zero-order valence-electron chi connectivity index (χ0n) is 12.0. The van der Waals surface area contributed by atoms with E-state index in [4.69, 9.17) is 10.5 Å². The SMILES string of the molecule is CCCC[C@H](O)[C@H](N)c1cc(OC(F)(F)F)ccc1OC. The minimum Gasteiger partial charge on any atom is -0.496 e. The van der Waals surface area contributed by atoms with Crippen LogP contribution >= 0.6 is 0 Å². The number of unbranched alkanes of at least 4 members (excludes halogenated alkanes) is 1. The molecule has 0 amide bonds. The maximum absolute atomic E-state index is 12.2. The highest BCUT2D eigenvalue weighted by molar-refractivity contribution is 5.42. The molecule has 4 nitrogen and oxygen atoms in total. The highest BCUT2D eigenvalue weighted by Crippen LogP contribution is 2.33. The second-order valence-corrected chi connectivity index (χ2v) is 4.69. The van der Waals surface area contributed by atoms with Gasteiger partial charge in [-0.2, -0.15) is 0 Å². The molecule has 120 valence electrons. The van der Waals surface area contributed by atoms with E-state index in [9.17, 15) is 18.3 Å². The van der Waals surface area contributed by atoms with Gasteiger partial charge in [0, 0.05) is 5.56 Å². The fraction of sp³-hybridized carbons (Fsp3) is 0.571. The zero-order valence-corrected chi connectivity index (χ0v) is 12.0. The third-order valence-electron chi connectivity index (χ3n) is 3.06. The summed E-state index contributed by atoms with van der Waals surface area (Å²) in [5.41, 5.74) is 6.20. The van der Waals surface area contributed by atoms with Crippen LogP contribution < -0.4 is 15.2 Å². The summed E-state index contributed by atoms with van der Waals surface area (Å²) in [6.45, 7) is 1.97. The lowest BCUT2D eigenvalue weighted by atomic mass is 9.97. The number of nitrogens with two attached hydrogens (primary N) is 1. The number of rotatable bonds is 7. The molecule has 1 aromatic carbocycles. The Labute approximate surface area is 121 Å². The molecule has 0 aliphatic heterocycles. The highest BCUT2D eigenvalue weighted by Gasteiger charge is 2.32. The lowest BCUT2D eigenvalue weighted by Crippen LogP contribution is -2.27. The third kappa shape index (κ3) is 5.43. The predicted molar refractivity (Wildman–Crippen MR) is 72.1 cm³/mol. The van der Waals surface area contributed by atoms with Crippen molar-refractivity contribution in [2.45, 2.75) is 44.7 Å². The first-order chi connectivity index (χ1) is 9.78. The van der Waals surface area contributed by atoms with E-state index in [2.05, 4.69) is 4.74 Å². The fourth-order valence-corrected chi connectivity index (χ4v) is 1.97. The largest absolute Gasteiger partial charge is 0.573 e. The predicted octanol–water partition coefficient (Wildman–Crippen LogP) is 3.14. The second-order valence-electron chi connectivity index (χ2n) is 4.69. The fourth-order valence-electron chi connectivity index (χ4n) is 1.97. The van der Waals surface area contributed by atoms with Gasteiger partial charge < -0.3 is 20.3 Å². The molecule has 0 bridgehead atoms. The Kier molecular flexibility index (Phi) is 6.29. The summed E-state index contributed by atoms with van der Waals surface area (Å²) in [6.07, 6.45) is -3.52. The van der Waals surface area contributed by atoms with E-state index in [0.29, 0.717) is 12.2 Å². The summed E-state index contributed by atoms with van der Waals surface area (Å²) in [7, 11) is 1.38. The van der Waals surface area contributed by atoms with Crippen LogP contribution in [0.15, 0.2) is 18.2 Å². The van der Waals surface area contributed by atoms with Gasteiger partial charge in [0.05, 0.1) is 19.3 Å². The summed E-state index contributed by atoms with van der Waals surface area (Å²) < 4.78 is 45.7. The Morgan fingerprint density at radius 2 is 2.00 bits per heavy atom. The number of aliphatic hydroxyl groups is 1. The Hall–Kier alpha value is -1.47. The van der Waals surface area contributed by atoms with Gasteiger partial charge in [0.15, 0.2) is 0 Å². The average Bonchev–Trinajstić information content (AvgIpc) is 2.42. The molecule has 0 saturated heterocycles. The van der Waals surface area contributed by atoms with Gasteiger partial charge in [-0.1, -0.05) is 19.8 Å². The second kappa shape index (κ2) is 7.51. The number of benzene rings is 1. The summed E-state index contributed by atoms with van der Waals surface area (Å²) in [4.78, 5) is 0. The standard InChI is InChI=1S/C14H20F3NO3/c1-3-4-5-11(19)13(18)10-8-9(21-14(15,16)17)6-7-12(10)20-2/h6-8,11,13,19H,3-5,18H2,1-2H3/t11-,13+/m0/s1. The van der Waals surface area contributed by atoms with Crippen molar-refractivity contribution in [3.05, 3.63) is 23.8 Å². The Morgan fingerprint density at radius 1 is 1.33 bits per heavy atom. The number of alkyl halides is 3. The molecule has 3 N–H and O–H groups in total. The first kappa shape index (κ1) is 17.6. The number of aliphatic hydroxyl groups excluding tert-OH is 1. The Bertz CT molecular complexity index is 452. The lowest BCUT2D eigenvalue weighted by Gasteiger charge is -2.22. The van der Waals surface area contributed by atoms with E-state index in [0.717, 1.165) is 25.0 Å². The van der Waals surface area contributed by atoms with Crippen LogP contribution in [0.1, 0.15) is 37.8 Å². The zero-order chi connectivity index (χ0) is 16.0. The topological polar surface area (TPSA) is 64.7 Å². The van der Waals surface area contributed by atoms with E-state index >= 15 is 0 Å². The molecule has 2 atom stereocenters. The molecule has 0 heterocycles. The van der Waals surface area contributed by atoms with Crippen LogP contribution in [0.5, 0.6) is 11.5 Å². The van der Waals surface area contributed by atoms with Crippen molar-refractivity contribution < 1.29 is 27.8 Å². The summed E-state index contributed by atoms with van der Waals surface area (Å²) in [5, 5.41) is 10.0. The van der Waals surface area contributed by atoms with Crippen LogP contribution in [0.3, 0.4) is 0 Å². The van der Waals surface area contributed by atoms with Gasteiger partial charge in [-0.05, 0) is 24.6 Å². The quantitative estimate of drug-likeness (QED) is 0.812. The summed E-state index contributed by atoms with van der Waals surface area (Å²) >= 11 is 0. The van der Waals surface area contributed by atoms with Crippen LogP contribution in [0.4, 0.5) is 13.2 Å². The van der Waals surface area contributed by atoms with Crippen molar-refractivity contribution >= 4 is 0 Å². The van der Waals surface area contributed by atoms with Crippen LogP contribution in [0, 0.1) is 0 Å². The van der Waals surface area contributed by atoms with Crippen LogP contribution in [0.25, 0.3) is 0 Å². The van der Waals surface area contributed by atoms with Gasteiger partial charge in [-0.15, -0.1) is 13.2 Å². The molecular weight excluding hydrogens is 287 g/mol. The van der Waals surface area contributed by atoms with E-state index in [-0.39, 0.29) is 5.56 Å².